The molecule has 3 N–H and O–H groups in total. The second-order valence-electron chi connectivity index (χ2n) is 5.36. The average Bonchev–Trinajstić information content (AvgIpc) is 2.42. The van der Waals surface area contributed by atoms with Gasteiger partial charge in [-0.05, 0) is 36.6 Å². The molecule has 0 aliphatic heterocycles. The molecule has 1 aromatic carbocycles. The van der Waals surface area contributed by atoms with E-state index in [9.17, 15) is 9.59 Å². The molecule has 0 aromatic heterocycles. The van der Waals surface area contributed by atoms with Gasteiger partial charge >= 0.3 is 5.97 Å². The molecule has 116 valence electrons. The van der Waals surface area contributed by atoms with Gasteiger partial charge in [0.2, 0.25) is 5.91 Å². The maximum absolute atomic E-state index is 12.6. The topological polar surface area (TPSA) is 83.6 Å². The fraction of sp³-hybridized carbons (Fsp3) is 0.467. The van der Waals surface area contributed by atoms with E-state index in [1.54, 1.807) is 24.3 Å². The van der Waals surface area contributed by atoms with Gasteiger partial charge in [0.15, 0.2) is 0 Å². The monoisotopic (exact) mass is 312 g/mol. The number of carboxylic acids is 1. The van der Waals surface area contributed by atoms with Gasteiger partial charge in [-0.2, -0.15) is 0 Å². The van der Waals surface area contributed by atoms with Crippen LogP contribution in [-0.4, -0.2) is 30.1 Å². The molecule has 0 aliphatic carbocycles. The first-order valence-corrected chi connectivity index (χ1v) is 7.21. The van der Waals surface area contributed by atoms with Crippen LogP contribution in [0.1, 0.15) is 20.3 Å². The van der Waals surface area contributed by atoms with Crippen molar-refractivity contribution in [1.82, 2.24) is 0 Å². The molecule has 1 amide bonds. The highest BCUT2D eigenvalue weighted by Gasteiger charge is 2.26. The lowest BCUT2D eigenvalue weighted by molar-refractivity contribution is -0.137. The van der Waals surface area contributed by atoms with Gasteiger partial charge in [-0.25, -0.2) is 0 Å². The molecule has 0 aliphatic rings. The summed E-state index contributed by atoms with van der Waals surface area (Å²) in [7, 11) is 0. The van der Waals surface area contributed by atoms with E-state index >= 15 is 0 Å². The molecule has 0 bridgehead atoms. The Morgan fingerprint density at radius 3 is 2.29 bits per heavy atom. The van der Waals surface area contributed by atoms with Crippen LogP contribution in [0, 0.1) is 11.8 Å². The Bertz CT molecular complexity index is 488. The van der Waals surface area contributed by atoms with Crippen LogP contribution < -0.4 is 10.6 Å². The number of nitrogens with zero attached hydrogens (tertiary/aromatic N) is 1. The predicted octanol–water partition coefficient (Wildman–Crippen LogP) is 2.38. The summed E-state index contributed by atoms with van der Waals surface area (Å²) in [5.74, 6) is -1.42. The largest absolute Gasteiger partial charge is 0.480 e. The quantitative estimate of drug-likeness (QED) is 0.809. The SMILES string of the molecule is CC(C)CC(CN)C(=O)N(CC(=O)O)c1ccc(Cl)cc1. The van der Waals surface area contributed by atoms with E-state index in [4.69, 9.17) is 22.4 Å². The third-order valence-electron chi connectivity index (χ3n) is 3.09. The molecule has 1 atom stereocenters. The zero-order valence-electron chi connectivity index (χ0n) is 12.3. The van der Waals surface area contributed by atoms with Crippen LogP contribution in [-0.2, 0) is 9.59 Å². The summed E-state index contributed by atoms with van der Waals surface area (Å²) in [6.45, 7) is 3.80. The minimum absolute atomic E-state index is 0.195. The Balaban J connectivity index is 3.03. The summed E-state index contributed by atoms with van der Waals surface area (Å²) in [6, 6.07) is 6.51. The average molecular weight is 313 g/mol. The Labute approximate surface area is 129 Å². The molecule has 6 heteroatoms. The van der Waals surface area contributed by atoms with E-state index < -0.39 is 12.5 Å². The molecule has 5 nitrogen and oxygen atoms in total. The number of amides is 1. The van der Waals surface area contributed by atoms with E-state index in [1.807, 2.05) is 13.8 Å². The maximum atomic E-state index is 12.6. The molecular formula is C15H21ClN2O3. The van der Waals surface area contributed by atoms with Crippen LogP contribution in [0.5, 0.6) is 0 Å². The summed E-state index contributed by atoms with van der Waals surface area (Å²) in [5.41, 5.74) is 6.19. The van der Waals surface area contributed by atoms with Crippen LogP contribution in [0.25, 0.3) is 0 Å². The number of carbonyl (C=O) groups is 2. The van der Waals surface area contributed by atoms with E-state index in [0.717, 1.165) is 0 Å². The zero-order valence-corrected chi connectivity index (χ0v) is 13.0. The molecule has 1 rings (SSSR count). The summed E-state index contributed by atoms with van der Waals surface area (Å²) in [5, 5.41) is 9.56. The lowest BCUT2D eigenvalue weighted by Crippen LogP contribution is -2.42. The first-order chi connectivity index (χ1) is 9.85. The van der Waals surface area contributed by atoms with Gasteiger partial charge in [0.05, 0.1) is 5.92 Å². The summed E-state index contributed by atoms with van der Waals surface area (Å²) in [4.78, 5) is 24.9. The van der Waals surface area contributed by atoms with Crippen molar-refractivity contribution in [1.29, 1.82) is 0 Å². The molecule has 0 heterocycles. The molecule has 1 unspecified atom stereocenters. The Kier molecular flexibility index (Phi) is 6.65. The number of hydrogen-bond donors (Lipinski definition) is 2. The van der Waals surface area contributed by atoms with E-state index in [-0.39, 0.29) is 18.4 Å². The van der Waals surface area contributed by atoms with Crippen molar-refractivity contribution in [2.45, 2.75) is 20.3 Å². The minimum Gasteiger partial charge on any atom is -0.480 e. The number of carbonyl (C=O) groups excluding carboxylic acids is 1. The van der Waals surface area contributed by atoms with Crippen LogP contribution in [0.3, 0.4) is 0 Å². The molecule has 0 saturated heterocycles. The maximum Gasteiger partial charge on any atom is 0.323 e. The second kappa shape index (κ2) is 8.00. The van der Waals surface area contributed by atoms with E-state index in [1.165, 1.54) is 4.90 Å². The van der Waals surface area contributed by atoms with Gasteiger partial charge in [0.1, 0.15) is 6.54 Å². The third-order valence-corrected chi connectivity index (χ3v) is 3.34. The van der Waals surface area contributed by atoms with Gasteiger partial charge < -0.3 is 15.7 Å². The summed E-state index contributed by atoms with van der Waals surface area (Å²) in [6.07, 6.45) is 0.624. The number of halogens is 1. The number of carboxylic acid groups (broad SMARTS) is 1. The first kappa shape index (κ1) is 17.5. The molecule has 0 spiro atoms. The Morgan fingerprint density at radius 1 is 1.29 bits per heavy atom. The van der Waals surface area contributed by atoms with Crippen molar-refractivity contribution in [2.24, 2.45) is 17.6 Å². The van der Waals surface area contributed by atoms with E-state index in [2.05, 4.69) is 0 Å². The highest BCUT2D eigenvalue weighted by Crippen LogP contribution is 2.22. The van der Waals surface area contributed by atoms with Crippen molar-refractivity contribution in [3.05, 3.63) is 29.3 Å². The standard InChI is InChI=1S/C15H21ClN2O3/c1-10(2)7-11(8-17)15(21)18(9-14(19)20)13-5-3-12(16)4-6-13/h3-6,10-11H,7-9,17H2,1-2H3,(H,19,20). The van der Waals surface area contributed by atoms with Crippen LogP contribution >= 0.6 is 11.6 Å². The van der Waals surface area contributed by atoms with Crippen LogP contribution in [0.4, 0.5) is 5.69 Å². The highest BCUT2D eigenvalue weighted by molar-refractivity contribution is 6.30. The number of hydrogen-bond acceptors (Lipinski definition) is 3. The molecule has 0 fully saturated rings. The number of rotatable bonds is 7. The molecule has 1 aromatic rings. The lowest BCUT2D eigenvalue weighted by Gasteiger charge is -2.26. The molecule has 21 heavy (non-hydrogen) atoms. The van der Waals surface area contributed by atoms with Crippen LogP contribution in [0.2, 0.25) is 5.02 Å². The van der Waals surface area contributed by atoms with Crippen molar-refractivity contribution < 1.29 is 14.7 Å². The first-order valence-electron chi connectivity index (χ1n) is 6.84. The van der Waals surface area contributed by atoms with E-state index in [0.29, 0.717) is 23.0 Å². The molecular weight excluding hydrogens is 292 g/mol. The van der Waals surface area contributed by atoms with Crippen molar-refractivity contribution >= 4 is 29.2 Å². The van der Waals surface area contributed by atoms with Crippen molar-refractivity contribution in [3.8, 4) is 0 Å². The Hall–Kier alpha value is -1.59. The van der Waals surface area contributed by atoms with Crippen LogP contribution in [0.15, 0.2) is 24.3 Å². The predicted molar refractivity (Wildman–Crippen MR) is 83.4 cm³/mol. The van der Waals surface area contributed by atoms with Crippen molar-refractivity contribution in [3.63, 3.8) is 0 Å². The zero-order chi connectivity index (χ0) is 16.0. The lowest BCUT2D eigenvalue weighted by atomic mass is 9.95. The van der Waals surface area contributed by atoms with Gasteiger partial charge in [0.25, 0.3) is 0 Å². The van der Waals surface area contributed by atoms with Crippen molar-refractivity contribution in [2.75, 3.05) is 18.0 Å². The third kappa shape index (κ3) is 5.36. The number of anilines is 1. The minimum atomic E-state index is -1.07. The molecule has 0 saturated carbocycles. The second-order valence-corrected chi connectivity index (χ2v) is 5.79. The fourth-order valence-corrected chi connectivity index (χ4v) is 2.27. The summed E-state index contributed by atoms with van der Waals surface area (Å²) >= 11 is 5.82. The number of benzene rings is 1. The Morgan fingerprint density at radius 2 is 1.86 bits per heavy atom. The number of aliphatic carboxylic acids is 1. The summed E-state index contributed by atoms with van der Waals surface area (Å²) < 4.78 is 0. The highest BCUT2D eigenvalue weighted by atomic mass is 35.5. The fourth-order valence-electron chi connectivity index (χ4n) is 2.14. The van der Waals surface area contributed by atoms with Gasteiger partial charge in [-0.1, -0.05) is 25.4 Å². The normalized spacial score (nSPS) is 12.2. The smallest absolute Gasteiger partial charge is 0.323 e. The number of nitrogens with two attached hydrogens (primary N) is 1. The molecule has 0 radical (unpaired) electrons. The van der Waals surface area contributed by atoms with Gasteiger partial charge in [-0.15, -0.1) is 0 Å². The van der Waals surface area contributed by atoms with Gasteiger partial charge in [-0.3, -0.25) is 9.59 Å². The van der Waals surface area contributed by atoms with Gasteiger partial charge in [0, 0.05) is 17.3 Å².